The lowest BCUT2D eigenvalue weighted by Crippen LogP contribution is -2.53. The van der Waals surface area contributed by atoms with Crippen molar-refractivity contribution in [3.8, 4) is 10.8 Å². The van der Waals surface area contributed by atoms with E-state index in [0.717, 1.165) is 41.2 Å². The Labute approximate surface area is 228 Å². The van der Waals surface area contributed by atoms with Gasteiger partial charge < -0.3 is 4.74 Å². The number of aryl methyl sites for hydroxylation is 1. The third-order valence-corrected chi connectivity index (χ3v) is 7.65. The maximum Gasteiger partial charge on any atom is 0.352 e. The Kier molecular flexibility index (Phi) is 6.90. The number of hydrogen-bond donors (Lipinski definition) is 0. The number of halogens is 2. The van der Waals surface area contributed by atoms with Gasteiger partial charge in [-0.1, -0.05) is 23.5 Å². The van der Waals surface area contributed by atoms with Gasteiger partial charge in [-0.15, -0.1) is 0 Å². The fourth-order valence-corrected chi connectivity index (χ4v) is 5.60. The zero-order chi connectivity index (χ0) is 28.7. The number of hydrogen-bond acceptors (Lipinski definition) is 7. The normalized spacial score (nSPS) is 11.1. The van der Waals surface area contributed by atoms with Gasteiger partial charge in [-0.25, -0.2) is 23.3 Å². The maximum atomic E-state index is 14.4. The Morgan fingerprint density at radius 2 is 1.82 bits per heavy atom. The third kappa shape index (κ3) is 4.39. The van der Waals surface area contributed by atoms with E-state index in [4.69, 9.17) is 4.74 Å². The molecule has 0 radical (unpaired) electrons. The molecule has 1 amide bonds. The highest BCUT2D eigenvalue weighted by Gasteiger charge is 2.27. The summed E-state index contributed by atoms with van der Waals surface area (Å²) in [6.45, 7) is 1.03. The molecule has 0 fully saturated rings. The zero-order valence-corrected chi connectivity index (χ0v) is 22.2. The van der Waals surface area contributed by atoms with Crippen molar-refractivity contribution in [3.05, 3.63) is 110 Å². The smallest absolute Gasteiger partial charge is 0.352 e. The predicted molar refractivity (Wildman–Crippen MR) is 144 cm³/mol. The van der Waals surface area contributed by atoms with Crippen LogP contribution in [0.5, 0.6) is 5.75 Å². The van der Waals surface area contributed by atoms with Crippen LogP contribution in [0.15, 0.2) is 70.5 Å². The second-order valence-electron chi connectivity index (χ2n) is 8.73. The molecule has 0 spiro atoms. The lowest BCUT2D eigenvalue weighted by atomic mass is 10.1. The van der Waals surface area contributed by atoms with E-state index < -0.39 is 41.1 Å². The molecule has 13 heteroatoms. The molecule has 0 saturated heterocycles. The number of carbonyl (C=O) groups excluding carboxylic acids is 2. The Morgan fingerprint density at radius 1 is 1.07 bits per heavy atom. The number of Topliss-reactive ketones (excluding diaryl/α,β-unsaturated/α-hetero) is 1. The van der Waals surface area contributed by atoms with Gasteiger partial charge in [0, 0.05) is 25.0 Å². The van der Waals surface area contributed by atoms with Crippen molar-refractivity contribution in [1.29, 1.82) is 0 Å². The second-order valence-corrected chi connectivity index (χ2v) is 9.70. The lowest BCUT2D eigenvalue weighted by Gasteiger charge is -2.21. The SMILES string of the molecule is COc1ccc(F)cc1C(=O)Cn1c(=O)n(N(C)C(=O)c2ccccc2F)c(=O)c2c(C)c(-n3cccn3)sc21. The van der Waals surface area contributed by atoms with Crippen LogP contribution in [0.2, 0.25) is 0 Å². The first-order valence-corrected chi connectivity index (χ1v) is 12.6. The van der Waals surface area contributed by atoms with E-state index in [0.29, 0.717) is 20.2 Å². The molecule has 5 aromatic rings. The molecule has 0 atom stereocenters. The molecule has 0 aliphatic carbocycles. The summed E-state index contributed by atoms with van der Waals surface area (Å²) in [5.74, 6) is -3.07. The van der Waals surface area contributed by atoms with Crippen LogP contribution in [-0.4, -0.2) is 44.9 Å². The maximum absolute atomic E-state index is 14.4. The monoisotopic (exact) mass is 565 g/mol. The van der Waals surface area contributed by atoms with E-state index in [9.17, 15) is 28.0 Å². The minimum atomic E-state index is -1.03. The second kappa shape index (κ2) is 10.3. The molecule has 10 nitrogen and oxygen atoms in total. The van der Waals surface area contributed by atoms with Crippen LogP contribution in [0.4, 0.5) is 8.78 Å². The molecule has 5 rings (SSSR count). The summed E-state index contributed by atoms with van der Waals surface area (Å²) in [6, 6.07) is 10.2. The molecule has 0 aliphatic heterocycles. The van der Waals surface area contributed by atoms with Crippen molar-refractivity contribution in [2.75, 3.05) is 19.2 Å². The van der Waals surface area contributed by atoms with Crippen LogP contribution in [-0.2, 0) is 6.54 Å². The molecule has 0 bridgehead atoms. The number of carbonyl (C=O) groups is 2. The van der Waals surface area contributed by atoms with E-state index in [1.807, 2.05) is 0 Å². The number of thiophene rings is 1. The van der Waals surface area contributed by atoms with Crippen molar-refractivity contribution in [3.63, 3.8) is 0 Å². The summed E-state index contributed by atoms with van der Waals surface area (Å²) in [7, 11) is 2.47. The number of rotatable bonds is 7. The van der Waals surface area contributed by atoms with E-state index >= 15 is 0 Å². The first-order valence-electron chi connectivity index (χ1n) is 11.8. The fraction of sp³-hybridized carbons (Fsp3) is 0.148. The van der Waals surface area contributed by atoms with Crippen LogP contribution in [0, 0.1) is 18.6 Å². The van der Waals surface area contributed by atoms with Crippen LogP contribution >= 0.6 is 11.3 Å². The van der Waals surface area contributed by atoms with Gasteiger partial charge in [0.05, 0.1) is 30.2 Å². The Bertz CT molecular complexity index is 1910. The molecule has 0 aliphatic rings. The molecule has 40 heavy (non-hydrogen) atoms. The zero-order valence-electron chi connectivity index (χ0n) is 21.4. The fourth-order valence-electron chi connectivity index (χ4n) is 4.36. The molecule has 2 aromatic carbocycles. The van der Waals surface area contributed by atoms with Gasteiger partial charge in [-0.3, -0.25) is 19.0 Å². The number of amides is 1. The number of ketones is 1. The average Bonchev–Trinajstić information content (AvgIpc) is 3.59. The molecule has 0 saturated carbocycles. The summed E-state index contributed by atoms with van der Waals surface area (Å²) < 4.78 is 36.7. The van der Waals surface area contributed by atoms with E-state index in [2.05, 4.69) is 5.10 Å². The summed E-state index contributed by atoms with van der Waals surface area (Å²) in [6.07, 6.45) is 3.19. The van der Waals surface area contributed by atoms with E-state index in [1.165, 1.54) is 42.3 Å². The van der Waals surface area contributed by atoms with Gasteiger partial charge in [-0.2, -0.15) is 9.77 Å². The molecule has 3 aromatic heterocycles. The van der Waals surface area contributed by atoms with Crippen molar-refractivity contribution in [1.82, 2.24) is 19.0 Å². The van der Waals surface area contributed by atoms with E-state index in [1.54, 1.807) is 19.2 Å². The number of methoxy groups -OCH3 is 1. The summed E-state index contributed by atoms with van der Waals surface area (Å²) in [5.41, 5.74) is -1.90. The lowest BCUT2D eigenvalue weighted by molar-refractivity contribution is 0.0960. The Balaban J connectivity index is 1.75. The Morgan fingerprint density at radius 3 is 2.50 bits per heavy atom. The number of benzene rings is 2. The first kappa shape index (κ1) is 26.7. The number of nitrogens with zero attached hydrogens (tertiary/aromatic N) is 5. The predicted octanol–water partition coefficient (Wildman–Crippen LogP) is 3.30. The molecule has 3 heterocycles. The van der Waals surface area contributed by atoms with Crippen LogP contribution in [0.3, 0.4) is 0 Å². The quantitative estimate of drug-likeness (QED) is 0.280. The summed E-state index contributed by atoms with van der Waals surface area (Å²) in [5, 5.41) is 5.46. The molecule has 204 valence electrons. The minimum Gasteiger partial charge on any atom is -0.496 e. The Hall–Kier alpha value is -4.91. The number of fused-ring (bicyclic) bond motifs is 1. The highest BCUT2D eigenvalue weighted by molar-refractivity contribution is 7.21. The van der Waals surface area contributed by atoms with E-state index in [-0.39, 0.29) is 27.1 Å². The van der Waals surface area contributed by atoms with Crippen LogP contribution < -0.4 is 21.0 Å². The standard InChI is InChI=1S/C27H21F2N5O5S/c1-15-22-24(37)34(31(2)23(36)17-7-4-5-8-19(17)29)27(38)32(26(22)40-25(15)33-12-6-11-30-33)14-20(35)18-13-16(28)9-10-21(18)39-3/h4-13H,14H2,1-3H3. The molecule has 0 N–H and O–H groups in total. The molecular weight excluding hydrogens is 544 g/mol. The topological polar surface area (TPSA) is 108 Å². The minimum absolute atomic E-state index is 0.0577. The highest BCUT2D eigenvalue weighted by atomic mass is 32.1. The number of ether oxygens (including phenoxy) is 1. The molecule has 0 unspecified atom stereocenters. The highest BCUT2D eigenvalue weighted by Crippen LogP contribution is 2.31. The van der Waals surface area contributed by atoms with Crippen molar-refractivity contribution >= 4 is 33.2 Å². The molecular formula is C27H21F2N5O5S. The summed E-state index contributed by atoms with van der Waals surface area (Å²) >= 11 is 1.04. The average molecular weight is 566 g/mol. The van der Waals surface area contributed by atoms with Gasteiger partial charge in [0.25, 0.3) is 11.5 Å². The van der Waals surface area contributed by atoms with Crippen LogP contribution in [0.1, 0.15) is 26.3 Å². The van der Waals surface area contributed by atoms with Crippen molar-refractivity contribution in [2.24, 2.45) is 0 Å². The van der Waals surface area contributed by atoms with Crippen LogP contribution in [0.25, 0.3) is 15.2 Å². The van der Waals surface area contributed by atoms with Gasteiger partial charge in [-0.05, 0) is 43.3 Å². The van der Waals surface area contributed by atoms with Gasteiger partial charge in [0.15, 0.2) is 5.78 Å². The number of aromatic nitrogens is 4. The first-order chi connectivity index (χ1) is 19.1. The van der Waals surface area contributed by atoms with Crippen molar-refractivity contribution in [2.45, 2.75) is 13.5 Å². The summed E-state index contributed by atoms with van der Waals surface area (Å²) in [4.78, 5) is 54.3. The van der Waals surface area contributed by atoms with Gasteiger partial charge >= 0.3 is 5.69 Å². The van der Waals surface area contributed by atoms with Gasteiger partial charge in [0.2, 0.25) is 0 Å². The largest absolute Gasteiger partial charge is 0.496 e. The van der Waals surface area contributed by atoms with Gasteiger partial charge in [0.1, 0.15) is 27.2 Å². The van der Waals surface area contributed by atoms with Crippen molar-refractivity contribution < 1.29 is 23.1 Å². The third-order valence-electron chi connectivity index (χ3n) is 6.34.